The van der Waals surface area contributed by atoms with E-state index in [1.165, 1.54) is 11.1 Å². The number of nitrogens with zero attached hydrogens (tertiary/aromatic N) is 4. The first-order valence-electron chi connectivity index (χ1n) is 7.94. The van der Waals surface area contributed by atoms with E-state index in [0.717, 1.165) is 45.1 Å². The minimum Gasteiger partial charge on any atom is -0.357 e. The van der Waals surface area contributed by atoms with Gasteiger partial charge in [0, 0.05) is 32.0 Å². The Morgan fingerprint density at radius 3 is 2.83 bits per heavy atom. The smallest absolute Gasteiger partial charge is 0.194 e. The van der Waals surface area contributed by atoms with Crippen molar-refractivity contribution >= 4 is 29.9 Å². The molecule has 1 aromatic heterocycles. The Morgan fingerprint density at radius 1 is 1.26 bits per heavy atom. The molecule has 0 fully saturated rings. The number of guanidine groups is 1. The minimum atomic E-state index is 0. The van der Waals surface area contributed by atoms with Gasteiger partial charge < -0.3 is 10.2 Å². The number of aromatic nitrogens is 2. The number of hydrogen-bond acceptors (Lipinski definition) is 2. The zero-order valence-corrected chi connectivity index (χ0v) is 15.8. The standard InChI is InChI=1S/C17H23N5.HI/c1-2-18-17(19-10-13-22-11-5-9-20-22)21-12-8-15-6-3-4-7-16(15)14-21;/h3-7,9,11H,2,8,10,12-14H2,1H3,(H,18,19);1H. The van der Waals surface area contributed by atoms with Crippen molar-refractivity contribution in [2.75, 3.05) is 19.6 Å². The molecular formula is C17H24IN5. The van der Waals surface area contributed by atoms with Gasteiger partial charge in [-0.15, -0.1) is 24.0 Å². The summed E-state index contributed by atoms with van der Waals surface area (Å²) in [5.74, 6) is 1.00. The molecule has 2 heterocycles. The molecular weight excluding hydrogens is 401 g/mol. The summed E-state index contributed by atoms with van der Waals surface area (Å²) in [6.45, 7) is 6.50. The normalized spacial score (nSPS) is 14.1. The molecule has 0 aliphatic carbocycles. The lowest BCUT2D eigenvalue weighted by molar-refractivity contribution is 0.378. The third-order valence-corrected chi connectivity index (χ3v) is 3.91. The molecule has 1 aliphatic heterocycles. The van der Waals surface area contributed by atoms with Crippen LogP contribution < -0.4 is 5.32 Å². The summed E-state index contributed by atoms with van der Waals surface area (Å²) < 4.78 is 1.92. The Bertz CT molecular complexity index is 624. The van der Waals surface area contributed by atoms with Crippen LogP contribution in [0.1, 0.15) is 18.1 Å². The number of benzene rings is 1. The fourth-order valence-electron chi connectivity index (χ4n) is 2.79. The monoisotopic (exact) mass is 425 g/mol. The van der Waals surface area contributed by atoms with Crippen LogP contribution in [-0.2, 0) is 19.5 Å². The number of hydrogen-bond donors (Lipinski definition) is 1. The van der Waals surface area contributed by atoms with Crippen molar-refractivity contribution in [2.24, 2.45) is 4.99 Å². The molecule has 0 unspecified atom stereocenters. The van der Waals surface area contributed by atoms with Gasteiger partial charge in [0.15, 0.2) is 5.96 Å². The molecule has 0 bridgehead atoms. The Morgan fingerprint density at radius 2 is 2.09 bits per heavy atom. The molecule has 0 atom stereocenters. The van der Waals surface area contributed by atoms with E-state index in [1.807, 2.05) is 16.9 Å². The van der Waals surface area contributed by atoms with Crippen LogP contribution >= 0.6 is 24.0 Å². The molecule has 3 rings (SSSR count). The maximum absolute atomic E-state index is 4.76. The second kappa shape index (κ2) is 8.90. The Labute approximate surface area is 154 Å². The van der Waals surface area contributed by atoms with E-state index >= 15 is 0 Å². The van der Waals surface area contributed by atoms with Crippen LogP contribution in [0.15, 0.2) is 47.7 Å². The van der Waals surface area contributed by atoms with E-state index in [9.17, 15) is 0 Å². The molecule has 2 aromatic rings. The van der Waals surface area contributed by atoms with Gasteiger partial charge in [0.2, 0.25) is 0 Å². The van der Waals surface area contributed by atoms with Gasteiger partial charge in [0.25, 0.3) is 0 Å². The zero-order chi connectivity index (χ0) is 15.2. The van der Waals surface area contributed by atoms with Gasteiger partial charge in [-0.25, -0.2) is 0 Å². The number of nitrogens with one attached hydrogen (secondary N) is 1. The molecule has 0 spiro atoms. The Kier molecular flexibility index (Phi) is 6.88. The van der Waals surface area contributed by atoms with E-state index < -0.39 is 0 Å². The second-order valence-electron chi connectivity index (χ2n) is 5.45. The van der Waals surface area contributed by atoms with Crippen LogP contribution in [0.2, 0.25) is 0 Å². The zero-order valence-electron chi connectivity index (χ0n) is 13.5. The highest BCUT2D eigenvalue weighted by molar-refractivity contribution is 14.0. The van der Waals surface area contributed by atoms with Gasteiger partial charge >= 0.3 is 0 Å². The predicted molar refractivity (Wildman–Crippen MR) is 104 cm³/mol. The van der Waals surface area contributed by atoms with Gasteiger partial charge in [-0.1, -0.05) is 24.3 Å². The van der Waals surface area contributed by atoms with Crippen LogP contribution in [0.5, 0.6) is 0 Å². The fourth-order valence-corrected chi connectivity index (χ4v) is 2.79. The van der Waals surface area contributed by atoms with Crippen LogP contribution in [-0.4, -0.2) is 40.3 Å². The van der Waals surface area contributed by atoms with Crippen molar-refractivity contribution in [3.8, 4) is 0 Å². The number of fused-ring (bicyclic) bond motifs is 1. The van der Waals surface area contributed by atoms with E-state index in [1.54, 1.807) is 6.20 Å². The van der Waals surface area contributed by atoms with Gasteiger partial charge in [-0.05, 0) is 30.5 Å². The van der Waals surface area contributed by atoms with Crippen molar-refractivity contribution in [2.45, 2.75) is 26.4 Å². The SMILES string of the molecule is CCNC(=NCCn1cccn1)N1CCc2ccccc2C1.I. The van der Waals surface area contributed by atoms with E-state index in [0.29, 0.717) is 0 Å². The first kappa shape index (κ1) is 17.8. The topological polar surface area (TPSA) is 45.5 Å². The molecule has 124 valence electrons. The first-order chi connectivity index (χ1) is 10.9. The van der Waals surface area contributed by atoms with Crippen molar-refractivity contribution in [3.63, 3.8) is 0 Å². The summed E-state index contributed by atoms with van der Waals surface area (Å²) in [7, 11) is 0. The number of rotatable bonds is 4. The molecule has 6 heteroatoms. The molecule has 1 N–H and O–H groups in total. The predicted octanol–water partition coefficient (Wildman–Crippen LogP) is 2.52. The highest BCUT2D eigenvalue weighted by atomic mass is 127. The third kappa shape index (κ3) is 4.70. The molecule has 0 saturated heterocycles. The highest BCUT2D eigenvalue weighted by Crippen LogP contribution is 2.18. The van der Waals surface area contributed by atoms with E-state index in [-0.39, 0.29) is 24.0 Å². The van der Waals surface area contributed by atoms with Gasteiger partial charge in [0.1, 0.15) is 0 Å². The van der Waals surface area contributed by atoms with Crippen molar-refractivity contribution < 1.29 is 0 Å². The molecule has 1 aromatic carbocycles. The summed E-state index contributed by atoms with van der Waals surface area (Å²) in [5, 5.41) is 7.62. The van der Waals surface area contributed by atoms with E-state index in [2.05, 4.69) is 46.5 Å². The van der Waals surface area contributed by atoms with Crippen molar-refractivity contribution in [3.05, 3.63) is 53.9 Å². The largest absolute Gasteiger partial charge is 0.357 e. The summed E-state index contributed by atoms with van der Waals surface area (Å²) in [5.41, 5.74) is 2.87. The van der Waals surface area contributed by atoms with Crippen LogP contribution in [0.3, 0.4) is 0 Å². The van der Waals surface area contributed by atoms with Crippen LogP contribution in [0.25, 0.3) is 0 Å². The van der Waals surface area contributed by atoms with Gasteiger partial charge in [-0.3, -0.25) is 9.67 Å². The first-order valence-corrected chi connectivity index (χ1v) is 7.94. The number of halogens is 1. The molecule has 0 saturated carbocycles. The highest BCUT2D eigenvalue weighted by Gasteiger charge is 2.18. The molecule has 0 radical (unpaired) electrons. The van der Waals surface area contributed by atoms with Crippen LogP contribution in [0.4, 0.5) is 0 Å². The van der Waals surface area contributed by atoms with Crippen molar-refractivity contribution in [1.82, 2.24) is 20.0 Å². The molecule has 5 nitrogen and oxygen atoms in total. The summed E-state index contributed by atoms with van der Waals surface area (Å²) in [6.07, 6.45) is 4.86. The fraction of sp³-hybridized carbons (Fsp3) is 0.412. The molecule has 23 heavy (non-hydrogen) atoms. The summed E-state index contributed by atoms with van der Waals surface area (Å²) in [6, 6.07) is 10.6. The van der Waals surface area contributed by atoms with E-state index in [4.69, 9.17) is 4.99 Å². The average molecular weight is 425 g/mol. The maximum Gasteiger partial charge on any atom is 0.194 e. The maximum atomic E-state index is 4.76. The summed E-state index contributed by atoms with van der Waals surface area (Å²) in [4.78, 5) is 7.10. The lowest BCUT2D eigenvalue weighted by atomic mass is 10.0. The number of aliphatic imine (C=N–C) groups is 1. The Balaban J connectivity index is 0.00000192. The van der Waals surface area contributed by atoms with Crippen LogP contribution in [0, 0.1) is 0 Å². The molecule has 0 amide bonds. The average Bonchev–Trinajstić information content (AvgIpc) is 3.07. The Hall–Kier alpha value is -1.57. The van der Waals surface area contributed by atoms with Gasteiger partial charge in [0.05, 0.1) is 13.1 Å². The minimum absolute atomic E-state index is 0. The molecule has 1 aliphatic rings. The lowest BCUT2D eigenvalue weighted by Crippen LogP contribution is -2.44. The third-order valence-electron chi connectivity index (χ3n) is 3.91. The quantitative estimate of drug-likeness (QED) is 0.465. The lowest BCUT2D eigenvalue weighted by Gasteiger charge is -2.31. The summed E-state index contributed by atoms with van der Waals surface area (Å²) >= 11 is 0. The second-order valence-corrected chi connectivity index (χ2v) is 5.45. The van der Waals surface area contributed by atoms with Gasteiger partial charge in [-0.2, -0.15) is 5.10 Å². The van der Waals surface area contributed by atoms with Crippen molar-refractivity contribution in [1.29, 1.82) is 0 Å².